The molecule has 3 heterocycles. The number of hydrogen-bond acceptors (Lipinski definition) is 5. The van der Waals surface area contributed by atoms with Gasteiger partial charge >= 0.3 is 0 Å². The van der Waals surface area contributed by atoms with Crippen molar-refractivity contribution in [1.29, 1.82) is 0 Å². The predicted octanol–water partition coefficient (Wildman–Crippen LogP) is 2.75. The maximum atomic E-state index is 4.69. The Balaban J connectivity index is 1.37. The Morgan fingerprint density at radius 3 is 3.00 bits per heavy atom. The standard InChI is InChI=1S/C21H29N5/c1-16-24-20-13-22-10-9-19(20)21(25-16)23-12-18-8-5-11-26(15-18)14-17-6-3-2-4-7-17/h2-4,6-7,18,22H,5,8-15H2,1H3,(H,23,24,25). The SMILES string of the molecule is Cc1nc2c(c(NCC3CCCN(Cc4ccccc4)C3)n1)CCNC2. The van der Waals surface area contributed by atoms with Crippen LogP contribution in [0.4, 0.5) is 5.82 Å². The molecule has 2 aliphatic rings. The van der Waals surface area contributed by atoms with E-state index in [4.69, 9.17) is 4.98 Å². The van der Waals surface area contributed by atoms with Crippen molar-refractivity contribution in [3.05, 3.63) is 53.0 Å². The summed E-state index contributed by atoms with van der Waals surface area (Å²) in [6, 6.07) is 10.8. The minimum Gasteiger partial charge on any atom is -0.369 e. The molecule has 1 saturated heterocycles. The number of piperidine rings is 1. The molecule has 1 aromatic carbocycles. The smallest absolute Gasteiger partial charge is 0.133 e. The van der Waals surface area contributed by atoms with Crippen molar-refractivity contribution >= 4 is 5.82 Å². The minimum atomic E-state index is 0.681. The third-order valence-electron chi connectivity index (χ3n) is 5.46. The van der Waals surface area contributed by atoms with E-state index in [2.05, 4.69) is 50.8 Å². The van der Waals surface area contributed by atoms with Gasteiger partial charge in [-0.25, -0.2) is 9.97 Å². The van der Waals surface area contributed by atoms with Crippen molar-refractivity contribution in [2.75, 3.05) is 31.5 Å². The van der Waals surface area contributed by atoms with Gasteiger partial charge in [-0.3, -0.25) is 4.90 Å². The quantitative estimate of drug-likeness (QED) is 0.867. The number of nitrogens with one attached hydrogen (secondary N) is 2. The van der Waals surface area contributed by atoms with E-state index < -0.39 is 0 Å². The van der Waals surface area contributed by atoms with Crippen LogP contribution >= 0.6 is 0 Å². The monoisotopic (exact) mass is 351 g/mol. The van der Waals surface area contributed by atoms with Crippen molar-refractivity contribution in [3.8, 4) is 0 Å². The summed E-state index contributed by atoms with van der Waals surface area (Å²) in [7, 11) is 0. The van der Waals surface area contributed by atoms with Crippen LogP contribution in [0.3, 0.4) is 0 Å². The summed E-state index contributed by atoms with van der Waals surface area (Å²) >= 11 is 0. The average molecular weight is 351 g/mol. The van der Waals surface area contributed by atoms with Crippen LogP contribution in [0.5, 0.6) is 0 Å². The highest BCUT2D eigenvalue weighted by Gasteiger charge is 2.21. The summed E-state index contributed by atoms with van der Waals surface area (Å²) in [5, 5.41) is 7.07. The van der Waals surface area contributed by atoms with Crippen LogP contribution in [0.1, 0.15) is 35.5 Å². The molecule has 1 unspecified atom stereocenters. The highest BCUT2D eigenvalue weighted by molar-refractivity contribution is 5.48. The van der Waals surface area contributed by atoms with E-state index in [1.807, 2.05) is 6.92 Å². The predicted molar refractivity (Wildman–Crippen MR) is 105 cm³/mol. The summed E-state index contributed by atoms with van der Waals surface area (Å²) in [4.78, 5) is 11.9. The maximum Gasteiger partial charge on any atom is 0.133 e. The van der Waals surface area contributed by atoms with Gasteiger partial charge in [-0.05, 0) is 50.8 Å². The van der Waals surface area contributed by atoms with Crippen molar-refractivity contribution in [2.45, 2.75) is 39.3 Å². The van der Waals surface area contributed by atoms with Gasteiger partial charge in [0.05, 0.1) is 5.69 Å². The van der Waals surface area contributed by atoms with Gasteiger partial charge in [0.25, 0.3) is 0 Å². The number of fused-ring (bicyclic) bond motifs is 1. The first kappa shape index (κ1) is 17.4. The molecule has 0 aliphatic carbocycles. The summed E-state index contributed by atoms with van der Waals surface area (Å²) in [6.45, 7) is 8.30. The molecule has 1 aromatic heterocycles. The first-order valence-electron chi connectivity index (χ1n) is 9.85. The topological polar surface area (TPSA) is 53.1 Å². The lowest BCUT2D eigenvalue weighted by Gasteiger charge is -2.33. The Morgan fingerprint density at radius 2 is 2.12 bits per heavy atom. The molecule has 5 heteroatoms. The normalized spacial score (nSPS) is 20.6. The second-order valence-corrected chi connectivity index (χ2v) is 7.58. The van der Waals surface area contributed by atoms with Crippen molar-refractivity contribution < 1.29 is 0 Å². The second kappa shape index (κ2) is 8.14. The fourth-order valence-corrected chi connectivity index (χ4v) is 4.17. The van der Waals surface area contributed by atoms with Crippen LogP contribution in [-0.4, -0.2) is 41.0 Å². The summed E-state index contributed by atoms with van der Waals surface area (Å²) in [6.07, 6.45) is 3.60. The zero-order valence-electron chi connectivity index (χ0n) is 15.7. The maximum absolute atomic E-state index is 4.69. The number of rotatable bonds is 5. The fraction of sp³-hybridized carbons (Fsp3) is 0.524. The van der Waals surface area contributed by atoms with E-state index >= 15 is 0 Å². The van der Waals surface area contributed by atoms with Gasteiger partial charge in [-0.2, -0.15) is 0 Å². The van der Waals surface area contributed by atoms with E-state index in [-0.39, 0.29) is 0 Å². The third-order valence-corrected chi connectivity index (χ3v) is 5.46. The average Bonchev–Trinajstić information content (AvgIpc) is 2.67. The molecule has 2 aromatic rings. The van der Waals surface area contributed by atoms with Crippen molar-refractivity contribution in [1.82, 2.24) is 20.2 Å². The zero-order valence-corrected chi connectivity index (χ0v) is 15.7. The first-order valence-corrected chi connectivity index (χ1v) is 9.85. The summed E-state index contributed by atoms with van der Waals surface area (Å²) < 4.78 is 0. The summed E-state index contributed by atoms with van der Waals surface area (Å²) in [5.74, 6) is 2.61. The zero-order chi connectivity index (χ0) is 17.8. The van der Waals surface area contributed by atoms with Gasteiger partial charge < -0.3 is 10.6 Å². The van der Waals surface area contributed by atoms with E-state index in [9.17, 15) is 0 Å². The molecule has 5 nitrogen and oxygen atoms in total. The highest BCUT2D eigenvalue weighted by Crippen LogP contribution is 2.23. The Bertz CT molecular complexity index is 731. The van der Waals surface area contributed by atoms with Crippen molar-refractivity contribution in [3.63, 3.8) is 0 Å². The van der Waals surface area contributed by atoms with Crippen LogP contribution in [0.15, 0.2) is 30.3 Å². The number of likely N-dealkylation sites (tertiary alicyclic amines) is 1. The number of aromatic nitrogens is 2. The molecule has 0 bridgehead atoms. The summed E-state index contributed by atoms with van der Waals surface area (Å²) in [5.41, 5.74) is 3.89. The minimum absolute atomic E-state index is 0.681. The van der Waals surface area contributed by atoms with Crippen LogP contribution in [0.2, 0.25) is 0 Å². The molecule has 0 amide bonds. The Labute approximate surface area is 156 Å². The molecule has 26 heavy (non-hydrogen) atoms. The molecule has 2 N–H and O–H groups in total. The van der Waals surface area contributed by atoms with Crippen LogP contribution in [-0.2, 0) is 19.5 Å². The Hall–Kier alpha value is -1.98. The number of benzene rings is 1. The number of nitrogens with zero attached hydrogens (tertiary/aromatic N) is 3. The lowest BCUT2D eigenvalue weighted by atomic mass is 9.97. The first-order chi connectivity index (χ1) is 12.8. The molecule has 0 radical (unpaired) electrons. The van der Waals surface area contributed by atoms with Gasteiger partial charge in [0.2, 0.25) is 0 Å². The molecule has 1 atom stereocenters. The molecular formula is C21H29N5. The Kier molecular flexibility index (Phi) is 5.46. The van der Waals surface area contributed by atoms with E-state index in [0.717, 1.165) is 50.8 Å². The molecule has 1 fully saturated rings. The molecule has 0 saturated carbocycles. The van der Waals surface area contributed by atoms with Gasteiger partial charge in [0, 0.05) is 31.7 Å². The van der Waals surface area contributed by atoms with Gasteiger partial charge in [-0.1, -0.05) is 30.3 Å². The fourth-order valence-electron chi connectivity index (χ4n) is 4.17. The molecule has 2 aliphatic heterocycles. The van der Waals surface area contributed by atoms with E-state index in [0.29, 0.717) is 5.92 Å². The Morgan fingerprint density at radius 1 is 1.23 bits per heavy atom. The number of hydrogen-bond donors (Lipinski definition) is 2. The number of anilines is 1. The van der Waals surface area contributed by atoms with Crippen LogP contribution < -0.4 is 10.6 Å². The lowest BCUT2D eigenvalue weighted by molar-refractivity contribution is 0.173. The largest absolute Gasteiger partial charge is 0.369 e. The molecule has 0 spiro atoms. The molecule has 138 valence electrons. The second-order valence-electron chi connectivity index (χ2n) is 7.58. The third kappa shape index (κ3) is 4.22. The molecule has 4 rings (SSSR count). The van der Waals surface area contributed by atoms with Gasteiger partial charge in [-0.15, -0.1) is 0 Å². The van der Waals surface area contributed by atoms with Crippen molar-refractivity contribution in [2.24, 2.45) is 5.92 Å². The van der Waals surface area contributed by atoms with Crippen LogP contribution in [0, 0.1) is 12.8 Å². The van der Waals surface area contributed by atoms with Gasteiger partial charge in [0.15, 0.2) is 0 Å². The highest BCUT2D eigenvalue weighted by atomic mass is 15.1. The van der Waals surface area contributed by atoms with Crippen LogP contribution in [0.25, 0.3) is 0 Å². The molecular weight excluding hydrogens is 322 g/mol. The van der Waals surface area contributed by atoms with E-state index in [1.54, 1.807) is 0 Å². The van der Waals surface area contributed by atoms with E-state index in [1.165, 1.54) is 36.2 Å². The van der Waals surface area contributed by atoms with Gasteiger partial charge in [0.1, 0.15) is 11.6 Å². The number of aryl methyl sites for hydroxylation is 1. The lowest BCUT2D eigenvalue weighted by Crippen LogP contribution is -2.38.